The maximum Gasteiger partial charge on any atom is 0.259 e. The summed E-state index contributed by atoms with van der Waals surface area (Å²) in [6, 6.07) is 17.9. The number of carbonyl (C=O) groups excluding carboxylic acids is 2. The van der Waals surface area contributed by atoms with Crippen LogP contribution in [0.3, 0.4) is 0 Å². The minimum atomic E-state index is -0.618. The van der Waals surface area contributed by atoms with Crippen molar-refractivity contribution in [2.45, 2.75) is 0 Å². The lowest BCUT2D eigenvalue weighted by Gasteiger charge is -2.11. The van der Waals surface area contributed by atoms with Gasteiger partial charge in [0.25, 0.3) is 11.8 Å². The Morgan fingerprint density at radius 1 is 1.00 bits per heavy atom. The van der Waals surface area contributed by atoms with Gasteiger partial charge in [-0.1, -0.05) is 24.3 Å². The molecule has 2 aromatic carbocycles. The van der Waals surface area contributed by atoms with Crippen molar-refractivity contribution in [2.75, 3.05) is 11.9 Å². The van der Waals surface area contributed by atoms with E-state index >= 15 is 0 Å². The Morgan fingerprint density at radius 2 is 1.79 bits per heavy atom. The fourth-order valence-electron chi connectivity index (χ4n) is 2.87. The molecule has 3 N–H and O–H groups in total. The monoisotopic (exact) mass is 387 g/mol. The second-order valence-corrected chi connectivity index (χ2v) is 6.21. The van der Waals surface area contributed by atoms with E-state index in [1.165, 1.54) is 0 Å². The molecule has 144 valence electrons. The number of hydrogen-bond acceptors (Lipinski definition) is 5. The normalized spacial score (nSPS) is 10.6. The third-order valence-corrected chi connectivity index (χ3v) is 4.21. The smallest absolute Gasteiger partial charge is 0.259 e. The van der Waals surface area contributed by atoms with Crippen molar-refractivity contribution in [1.82, 2.24) is 14.5 Å². The molecule has 2 amide bonds. The Morgan fingerprint density at radius 3 is 2.59 bits per heavy atom. The number of aromatic nitrogens is 3. The Bertz CT molecular complexity index is 1180. The van der Waals surface area contributed by atoms with Crippen LogP contribution in [0.25, 0.3) is 16.9 Å². The van der Waals surface area contributed by atoms with Crippen LogP contribution in [0.15, 0.2) is 73.2 Å². The summed E-state index contributed by atoms with van der Waals surface area (Å²) in [5, 5.41) is 2.77. The third kappa shape index (κ3) is 3.91. The molecule has 4 aromatic rings. The Labute approximate surface area is 166 Å². The molecule has 0 radical (unpaired) electrons. The van der Waals surface area contributed by atoms with Crippen molar-refractivity contribution in [3.63, 3.8) is 0 Å². The van der Waals surface area contributed by atoms with Gasteiger partial charge in [0.2, 0.25) is 0 Å². The van der Waals surface area contributed by atoms with Gasteiger partial charge in [0, 0.05) is 0 Å². The standard InChI is InChI=1S/C21H17N5O3/c22-19(27)12-29-18-8-4-1-5-15(18)21(28)25-14-9-10-20(23-11-14)26-13-24-16-6-2-3-7-17(16)26/h1-11,13H,12H2,(H2,22,27)(H,25,28). The van der Waals surface area contributed by atoms with Gasteiger partial charge in [-0.3, -0.25) is 14.2 Å². The minimum Gasteiger partial charge on any atom is -0.483 e. The summed E-state index contributed by atoms with van der Waals surface area (Å²) >= 11 is 0. The number of amides is 2. The highest BCUT2D eigenvalue weighted by molar-refractivity contribution is 6.06. The topological polar surface area (TPSA) is 112 Å². The molecule has 0 fully saturated rings. The van der Waals surface area contributed by atoms with Gasteiger partial charge in [0.1, 0.15) is 17.9 Å². The number of pyridine rings is 1. The molecular weight excluding hydrogens is 370 g/mol. The van der Waals surface area contributed by atoms with Crippen LogP contribution < -0.4 is 15.8 Å². The van der Waals surface area contributed by atoms with Gasteiger partial charge in [0.15, 0.2) is 6.61 Å². The predicted molar refractivity (Wildman–Crippen MR) is 108 cm³/mol. The van der Waals surface area contributed by atoms with Crippen molar-refractivity contribution in [1.29, 1.82) is 0 Å². The van der Waals surface area contributed by atoms with E-state index in [0.29, 0.717) is 17.1 Å². The van der Waals surface area contributed by atoms with Crippen LogP contribution in [0.1, 0.15) is 10.4 Å². The number of anilines is 1. The summed E-state index contributed by atoms with van der Waals surface area (Å²) in [6.07, 6.45) is 3.27. The van der Waals surface area contributed by atoms with Crippen molar-refractivity contribution in [3.05, 3.63) is 78.8 Å². The first-order chi connectivity index (χ1) is 14.1. The van der Waals surface area contributed by atoms with Gasteiger partial charge in [-0.15, -0.1) is 0 Å². The number of hydrogen-bond donors (Lipinski definition) is 2. The largest absolute Gasteiger partial charge is 0.483 e. The Balaban J connectivity index is 1.52. The number of ether oxygens (including phenoxy) is 1. The minimum absolute atomic E-state index is 0.276. The summed E-state index contributed by atoms with van der Waals surface area (Å²) in [5.74, 6) is -0.0418. The van der Waals surface area contributed by atoms with Crippen molar-refractivity contribution >= 4 is 28.5 Å². The van der Waals surface area contributed by atoms with Crippen molar-refractivity contribution in [2.24, 2.45) is 5.73 Å². The lowest BCUT2D eigenvalue weighted by atomic mass is 10.2. The van der Waals surface area contributed by atoms with E-state index in [0.717, 1.165) is 11.0 Å². The van der Waals surface area contributed by atoms with Crippen molar-refractivity contribution in [3.8, 4) is 11.6 Å². The number of rotatable bonds is 6. The number of imidazole rings is 1. The van der Waals surface area contributed by atoms with Gasteiger partial charge in [-0.25, -0.2) is 9.97 Å². The van der Waals surface area contributed by atoms with Crippen LogP contribution in [0, 0.1) is 0 Å². The first-order valence-corrected chi connectivity index (χ1v) is 8.82. The molecule has 2 aromatic heterocycles. The van der Waals surface area contributed by atoms with Crippen molar-refractivity contribution < 1.29 is 14.3 Å². The van der Waals surface area contributed by atoms with E-state index in [-0.39, 0.29) is 18.3 Å². The molecule has 0 aliphatic rings. The SMILES string of the molecule is NC(=O)COc1ccccc1C(=O)Nc1ccc(-n2cnc3ccccc32)nc1. The number of para-hydroxylation sites is 3. The van der Waals surface area contributed by atoms with E-state index in [2.05, 4.69) is 15.3 Å². The zero-order valence-electron chi connectivity index (χ0n) is 15.3. The van der Waals surface area contributed by atoms with Gasteiger partial charge in [-0.05, 0) is 36.4 Å². The molecule has 8 heteroatoms. The molecule has 0 aliphatic carbocycles. The molecule has 8 nitrogen and oxygen atoms in total. The highest BCUT2D eigenvalue weighted by Crippen LogP contribution is 2.21. The second kappa shape index (κ2) is 7.81. The zero-order valence-corrected chi connectivity index (χ0v) is 15.3. The summed E-state index contributed by atoms with van der Waals surface area (Å²) in [6.45, 7) is -0.306. The van der Waals surface area contributed by atoms with Crippen LogP contribution in [0.4, 0.5) is 5.69 Å². The summed E-state index contributed by atoms with van der Waals surface area (Å²) in [5.41, 5.74) is 7.73. The van der Waals surface area contributed by atoms with E-state index in [4.69, 9.17) is 10.5 Å². The van der Waals surface area contributed by atoms with Crippen LogP contribution in [0.2, 0.25) is 0 Å². The average Bonchev–Trinajstić information content (AvgIpc) is 3.17. The zero-order chi connectivity index (χ0) is 20.2. The number of nitrogens with one attached hydrogen (secondary N) is 1. The van der Waals surface area contributed by atoms with Gasteiger partial charge in [-0.2, -0.15) is 0 Å². The van der Waals surface area contributed by atoms with E-state index < -0.39 is 5.91 Å². The Hall–Kier alpha value is -4.20. The van der Waals surface area contributed by atoms with E-state index in [9.17, 15) is 9.59 Å². The maximum atomic E-state index is 12.6. The van der Waals surface area contributed by atoms with Crippen LogP contribution >= 0.6 is 0 Å². The van der Waals surface area contributed by atoms with Crippen LogP contribution in [-0.4, -0.2) is 33.0 Å². The molecule has 29 heavy (non-hydrogen) atoms. The summed E-state index contributed by atoms with van der Waals surface area (Å²) < 4.78 is 7.17. The average molecular weight is 387 g/mol. The molecular formula is C21H17N5O3. The van der Waals surface area contributed by atoms with Gasteiger partial charge in [0.05, 0.1) is 28.5 Å². The summed E-state index contributed by atoms with van der Waals surface area (Å²) in [4.78, 5) is 32.3. The van der Waals surface area contributed by atoms with E-state index in [1.807, 2.05) is 28.8 Å². The first kappa shape index (κ1) is 18.2. The lowest BCUT2D eigenvalue weighted by molar-refractivity contribution is -0.119. The molecule has 0 bridgehead atoms. The molecule has 4 rings (SSSR count). The molecule has 0 aliphatic heterocycles. The molecule has 0 atom stereocenters. The van der Waals surface area contributed by atoms with Gasteiger partial charge < -0.3 is 15.8 Å². The number of primary amides is 1. The highest BCUT2D eigenvalue weighted by atomic mass is 16.5. The summed E-state index contributed by atoms with van der Waals surface area (Å²) in [7, 11) is 0. The number of carbonyl (C=O) groups is 2. The van der Waals surface area contributed by atoms with Gasteiger partial charge >= 0.3 is 0 Å². The van der Waals surface area contributed by atoms with Crippen LogP contribution in [0.5, 0.6) is 5.75 Å². The molecule has 0 spiro atoms. The predicted octanol–water partition coefficient (Wildman–Crippen LogP) is 2.54. The Kier molecular flexibility index (Phi) is 4.90. The lowest BCUT2D eigenvalue weighted by Crippen LogP contribution is -2.21. The molecule has 0 unspecified atom stereocenters. The third-order valence-electron chi connectivity index (χ3n) is 4.21. The second-order valence-electron chi connectivity index (χ2n) is 6.21. The fourth-order valence-corrected chi connectivity index (χ4v) is 2.87. The fraction of sp³-hybridized carbons (Fsp3) is 0.0476. The first-order valence-electron chi connectivity index (χ1n) is 8.82. The molecule has 2 heterocycles. The molecule has 0 saturated heterocycles. The van der Waals surface area contributed by atoms with E-state index in [1.54, 1.807) is 48.9 Å². The van der Waals surface area contributed by atoms with Crippen LogP contribution in [-0.2, 0) is 4.79 Å². The maximum absolute atomic E-state index is 12.6. The number of nitrogens with two attached hydrogens (primary N) is 1. The highest BCUT2D eigenvalue weighted by Gasteiger charge is 2.13. The number of nitrogens with zero attached hydrogens (tertiary/aromatic N) is 3. The quantitative estimate of drug-likeness (QED) is 0.528. The number of fused-ring (bicyclic) bond motifs is 1. The molecule has 0 saturated carbocycles. The number of benzene rings is 2.